The number of cyclic esters (lactones) is 1. The lowest BCUT2D eigenvalue weighted by Crippen LogP contribution is -2.13. The van der Waals surface area contributed by atoms with E-state index in [1.165, 1.54) is 0 Å². The summed E-state index contributed by atoms with van der Waals surface area (Å²) in [6.07, 6.45) is 2.87. The van der Waals surface area contributed by atoms with Gasteiger partial charge in [0.05, 0.1) is 0 Å². The number of hydrogen-bond acceptors (Lipinski definition) is 3. The van der Waals surface area contributed by atoms with Crippen molar-refractivity contribution in [3.8, 4) is 0 Å². The van der Waals surface area contributed by atoms with E-state index in [0.29, 0.717) is 12.8 Å². The van der Waals surface area contributed by atoms with Gasteiger partial charge in [-0.1, -0.05) is 0 Å². The zero-order chi connectivity index (χ0) is 5.98. The highest BCUT2D eigenvalue weighted by atomic mass is 16.5. The summed E-state index contributed by atoms with van der Waals surface area (Å²) in [6, 6.07) is 0. The van der Waals surface area contributed by atoms with Crippen molar-refractivity contribution in [1.82, 2.24) is 0 Å². The van der Waals surface area contributed by atoms with Crippen molar-refractivity contribution >= 4 is 5.97 Å². The molecule has 0 fully saturated rings. The predicted octanol–water partition coefficient (Wildman–Crippen LogP) is 0.123. The van der Waals surface area contributed by atoms with E-state index in [-0.39, 0.29) is 11.9 Å². The van der Waals surface area contributed by atoms with E-state index in [2.05, 4.69) is 4.74 Å². The molecule has 0 bridgehead atoms. The van der Waals surface area contributed by atoms with Crippen molar-refractivity contribution in [1.29, 1.82) is 0 Å². The van der Waals surface area contributed by atoms with E-state index < -0.39 is 0 Å². The summed E-state index contributed by atoms with van der Waals surface area (Å²) in [5.74, 6) is 0.00579. The first-order valence-electron chi connectivity index (χ1n) is 2.45. The Morgan fingerprint density at radius 1 is 1.75 bits per heavy atom. The molecule has 1 aliphatic heterocycles. The summed E-state index contributed by atoms with van der Waals surface area (Å²) in [5.41, 5.74) is 5.14. The highest BCUT2D eigenvalue weighted by Crippen LogP contribution is 2.05. The highest BCUT2D eigenvalue weighted by molar-refractivity contribution is 5.71. The van der Waals surface area contributed by atoms with Gasteiger partial charge in [-0.15, -0.1) is 0 Å². The van der Waals surface area contributed by atoms with Crippen molar-refractivity contribution < 1.29 is 9.53 Å². The lowest BCUT2D eigenvalue weighted by molar-refractivity contribution is -0.140. The van der Waals surface area contributed by atoms with E-state index in [1.54, 1.807) is 6.08 Å². The Bertz CT molecular complexity index is 139. The van der Waals surface area contributed by atoms with Gasteiger partial charge in [0.2, 0.25) is 0 Å². The molecule has 0 spiro atoms. The third-order valence-corrected chi connectivity index (χ3v) is 0.926. The van der Waals surface area contributed by atoms with Crippen LogP contribution in [0.2, 0.25) is 0 Å². The van der Waals surface area contributed by atoms with Crippen LogP contribution in [0.4, 0.5) is 0 Å². The van der Waals surface area contributed by atoms with Crippen molar-refractivity contribution in [2.45, 2.75) is 12.8 Å². The third-order valence-electron chi connectivity index (χ3n) is 0.926. The zero-order valence-corrected chi connectivity index (χ0v) is 4.39. The smallest absolute Gasteiger partial charge is 0.312 e. The number of nitrogens with two attached hydrogens (primary N) is 1. The van der Waals surface area contributed by atoms with Gasteiger partial charge < -0.3 is 10.5 Å². The molecule has 8 heavy (non-hydrogen) atoms. The van der Waals surface area contributed by atoms with Gasteiger partial charge in [-0.3, -0.25) is 4.79 Å². The number of carbonyl (C=O) groups is 1. The predicted molar refractivity (Wildman–Crippen MR) is 27.6 cm³/mol. The quantitative estimate of drug-likeness (QED) is 0.454. The summed E-state index contributed by atoms with van der Waals surface area (Å²) < 4.78 is 4.49. The molecule has 0 aliphatic carbocycles. The second kappa shape index (κ2) is 1.86. The van der Waals surface area contributed by atoms with Crippen molar-refractivity contribution in [2.24, 2.45) is 5.73 Å². The second-order valence-electron chi connectivity index (χ2n) is 1.62. The van der Waals surface area contributed by atoms with Crippen LogP contribution in [0.1, 0.15) is 12.8 Å². The number of allylic oxidation sites excluding steroid dienone is 1. The summed E-state index contributed by atoms with van der Waals surface area (Å²) >= 11 is 0. The fraction of sp³-hybridized carbons (Fsp3) is 0.400. The standard InChI is InChI=1S/C5H7NO2/c6-4-2-1-3-5(7)8-4/h2H,1,3,6H2. The van der Waals surface area contributed by atoms with Gasteiger partial charge in [0.25, 0.3) is 0 Å². The summed E-state index contributed by atoms with van der Waals surface area (Å²) in [6.45, 7) is 0. The normalized spacial score (nSPS) is 19.5. The van der Waals surface area contributed by atoms with Gasteiger partial charge in [-0.25, -0.2) is 0 Å². The van der Waals surface area contributed by atoms with Crippen LogP contribution in [-0.2, 0) is 9.53 Å². The third kappa shape index (κ3) is 0.992. The largest absolute Gasteiger partial charge is 0.410 e. The molecule has 0 aromatic rings. The maximum Gasteiger partial charge on any atom is 0.312 e. The number of hydrogen-bond donors (Lipinski definition) is 1. The van der Waals surface area contributed by atoms with Crippen molar-refractivity contribution in [3.63, 3.8) is 0 Å². The van der Waals surface area contributed by atoms with Crippen LogP contribution in [-0.4, -0.2) is 5.97 Å². The second-order valence-corrected chi connectivity index (χ2v) is 1.62. The molecule has 3 nitrogen and oxygen atoms in total. The van der Waals surface area contributed by atoms with Gasteiger partial charge in [0.15, 0.2) is 5.88 Å². The van der Waals surface area contributed by atoms with Crippen LogP contribution in [0.5, 0.6) is 0 Å². The van der Waals surface area contributed by atoms with E-state index >= 15 is 0 Å². The molecule has 0 amide bonds. The summed E-state index contributed by atoms with van der Waals surface area (Å²) in [5, 5.41) is 0. The molecule has 0 aromatic heterocycles. The average Bonchev–Trinajstić information content (AvgIpc) is 1.64. The van der Waals surface area contributed by atoms with Crippen LogP contribution < -0.4 is 5.73 Å². The van der Waals surface area contributed by atoms with E-state index in [1.807, 2.05) is 0 Å². The fourth-order valence-electron chi connectivity index (χ4n) is 0.556. The molecule has 0 saturated heterocycles. The minimum absolute atomic E-state index is 0.231. The van der Waals surface area contributed by atoms with Crippen LogP contribution >= 0.6 is 0 Å². The van der Waals surface area contributed by atoms with Gasteiger partial charge in [0, 0.05) is 6.42 Å². The fourth-order valence-corrected chi connectivity index (χ4v) is 0.556. The average molecular weight is 113 g/mol. The number of rotatable bonds is 0. The van der Waals surface area contributed by atoms with Crippen LogP contribution in [0.15, 0.2) is 12.0 Å². The summed E-state index contributed by atoms with van der Waals surface area (Å²) in [7, 11) is 0. The Hall–Kier alpha value is -0.990. The van der Waals surface area contributed by atoms with Crippen LogP contribution in [0, 0.1) is 0 Å². The number of esters is 1. The Labute approximate surface area is 47.1 Å². The zero-order valence-electron chi connectivity index (χ0n) is 4.39. The SMILES string of the molecule is NC1=CCCC(=O)O1. The first kappa shape index (κ1) is 5.15. The highest BCUT2D eigenvalue weighted by Gasteiger charge is 2.07. The monoisotopic (exact) mass is 113 g/mol. The summed E-state index contributed by atoms with van der Waals surface area (Å²) in [4.78, 5) is 10.3. The first-order chi connectivity index (χ1) is 3.79. The molecule has 3 heteroatoms. The molecule has 44 valence electrons. The molecule has 0 unspecified atom stereocenters. The molecule has 1 aliphatic rings. The van der Waals surface area contributed by atoms with Crippen molar-refractivity contribution in [3.05, 3.63) is 12.0 Å². The van der Waals surface area contributed by atoms with E-state index in [9.17, 15) is 4.79 Å². The Morgan fingerprint density at radius 2 is 2.50 bits per heavy atom. The topological polar surface area (TPSA) is 52.3 Å². The molecular weight excluding hydrogens is 106 g/mol. The maximum atomic E-state index is 10.3. The van der Waals surface area contributed by atoms with Gasteiger partial charge in [0.1, 0.15) is 0 Å². The molecule has 0 radical (unpaired) electrons. The van der Waals surface area contributed by atoms with Gasteiger partial charge >= 0.3 is 5.97 Å². The number of ether oxygens (including phenoxy) is 1. The Balaban J connectivity index is 2.57. The lowest BCUT2D eigenvalue weighted by atomic mass is 10.3. The Kier molecular flexibility index (Phi) is 1.20. The molecule has 2 N–H and O–H groups in total. The molecule has 1 rings (SSSR count). The minimum Gasteiger partial charge on any atom is -0.410 e. The molecule has 1 heterocycles. The number of carbonyl (C=O) groups excluding carboxylic acids is 1. The molecule has 0 aromatic carbocycles. The molecular formula is C5H7NO2. The van der Waals surface area contributed by atoms with Crippen LogP contribution in [0.25, 0.3) is 0 Å². The molecule has 0 atom stereocenters. The van der Waals surface area contributed by atoms with Gasteiger partial charge in [-0.05, 0) is 12.5 Å². The minimum atomic E-state index is -0.231. The van der Waals surface area contributed by atoms with E-state index in [0.717, 1.165) is 0 Å². The maximum absolute atomic E-state index is 10.3. The van der Waals surface area contributed by atoms with Crippen molar-refractivity contribution in [2.75, 3.05) is 0 Å². The lowest BCUT2D eigenvalue weighted by Gasteiger charge is -2.06. The first-order valence-corrected chi connectivity index (χ1v) is 2.45. The van der Waals surface area contributed by atoms with E-state index in [4.69, 9.17) is 5.73 Å². The van der Waals surface area contributed by atoms with Gasteiger partial charge in [-0.2, -0.15) is 0 Å². The van der Waals surface area contributed by atoms with Crippen LogP contribution in [0.3, 0.4) is 0 Å². The Morgan fingerprint density at radius 3 is 2.88 bits per heavy atom. The molecule has 0 saturated carbocycles.